The molecule has 0 saturated carbocycles. The van der Waals surface area contributed by atoms with E-state index >= 15 is 0 Å². The summed E-state index contributed by atoms with van der Waals surface area (Å²) in [4.78, 5) is 42.7. The highest BCUT2D eigenvalue weighted by Crippen LogP contribution is 2.36. The average molecular weight is 697 g/mol. The molecule has 0 aliphatic rings. The smallest absolute Gasteiger partial charge is 0.462 e. The van der Waals surface area contributed by atoms with E-state index in [1.54, 1.807) is 0 Å². The summed E-state index contributed by atoms with van der Waals surface area (Å²) in [5.74, 6) is -0.942. The van der Waals surface area contributed by atoms with Gasteiger partial charge in [-0.25, -0.2) is 4.57 Å². The minimum absolute atomic E-state index is 0.160. The van der Waals surface area contributed by atoms with Crippen LogP contribution in [0, 0.1) is 0 Å². The standard InChI is InChI=1S/C39H69O8P/c1-3-5-7-9-11-13-15-17-19-21-23-25-27-29-31-33-38(40)45-35-37(36-46-48(42,43)44)47-39(41)34-32-30-28-26-24-22-20-18-16-14-12-10-8-6-4-2/h12,14,17-20,24,26,37H,3-11,13,15-16,21-23,25,27-36H2,1-2H3,(H2,42,43,44)/b14-12-,19-17-,20-18-,26-24-/t37-/m1/s1. The van der Waals surface area contributed by atoms with Crippen LogP contribution in [0.3, 0.4) is 0 Å². The number of hydrogen-bond acceptors (Lipinski definition) is 6. The van der Waals surface area contributed by atoms with Gasteiger partial charge in [0.15, 0.2) is 6.10 Å². The Morgan fingerprint density at radius 1 is 0.542 bits per heavy atom. The first-order chi connectivity index (χ1) is 23.3. The van der Waals surface area contributed by atoms with Gasteiger partial charge in [0.05, 0.1) is 6.61 Å². The number of carbonyl (C=O) groups excluding carboxylic acids is 2. The van der Waals surface area contributed by atoms with Crippen molar-refractivity contribution in [3.63, 3.8) is 0 Å². The second-order valence-electron chi connectivity index (χ2n) is 12.5. The molecule has 0 aliphatic heterocycles. The normalized spacial score (nSPS) is 13.0. The topological polar surface area (TPSA) is 119 Å². The van der Waals surface area contributed by atoms with Gasteiger partial charge in [-0.1, -0.05) is 127 Å². The molecule has 0 bridgehead atoms. The minimum atomic E-state index is -4.76. The molecule has 9 heteroatoms. The lowest BCUT2D eigenvalue weighted by molar-refractivity contribution is -0.161. The Morgan fingerprint density at radius 3 is 1.50 bits per heavy atom. The van der Waals surface area contributed by atoms with E-state index in [1.807, 2.05) is 0 Å². The second-order valence-corrected chi connectivity index (χ2v) is 13.8. The third-order valence-electron chi connectivity index (χ3n) is 7.82. The Bertz CT molecular complexity index is 921. The van der Waals surface area contributed by atoms with E-state index in [9.17, 15) is 14.2 Å². The quantitative estimate of drug-likeness (QED) is 0.0295. The van der Waals surface area contributed by atoms with Crippen LogP contribution in [0.15, 0.2) is 48.6 Å². The Hall–Kier alpha value is -1.99. The molecule has 0 heterocycles. The fourth-order valence-corrected chi connectivity index (χ4v) is 5.32. The van der Waals surface area contributed by atoms with Crippen molar-refractivity contribution in [1.82, 2.24) is 0 Å². The largest absolute Gasteiger partial charge is 0.469 e. The molecule has 2 N–H and O–H groups in total. The lowest BCUT2D eigenvalue weighted by Crippen LogP contribution is -2.29. The van der Waals surface area contributed by atoms with Crippen LogP contribution >= 0.6 is 7.82 Å². The maximum Gasteiger partial charge on any atom is 0.469 e. The van der Waals surface area contributed by atoms with Crippen molar-refractivity contribution in [3.8, 4) is 0 Å². The lowest BCUT2D eigenvalue weighted by atomic mass is 10.1. The number of unbranched alkanes of at least 4 members (excludes halogenated alkanes) is 16. The zero-order chi connectivity index (χ0) is 35.4. The molecule has 0 aromatic carbocycles. The number of allylic oxidation sites excluding steroid dienone is 8. The van der Waals surface area contributed by atoms with Crippen LogP contribution in [0.4, 0.5) is 0 Å². The van der Waals surface area contributed by atoms with Gasteiger partial charge in [-0.15, -0.1) is 0 Å². The molecule has 1 atom stereocenters. The van der Waals surface area contributed by atoms with Gasteiger partial charge < -0.3 is 19.3 Å². The van der Waals surface area contributed by atoms with Crippen molar-refractivity contribution >= 4 is 19.8 Å². The summed E-state index contributed by atoms with van der Waals surface area (Å²) in [6, 6.07) is 0. The molecule has 0 rings (SSSR count). The number of ether oxygens (including phenoxy) is 2. The van der Waals surface area contributed by atoms with E-state index in [-0.39, 0.29) is 19.4 Å². The molecule has 48 heavy (non-hydrogen) atoms. The summed E-state index contributed by atoms with van der Waals surface area (Å²) < 4.78 is 26.3. The Labute approximate surface area is 293 Å². The Kier molecular flexibility index (Phi) is 33.4. The SMILES string of the molecule is CCCCC/C=C\C/C=C\C/C=C\CCCCC(=O)O[C@H](COC(=O)CCCCCCC/C=C\CCCCCCCC)COP(=O)(O)O. The average Bonchev–Trinajstić information content (AvgIpc) is 3.05. The van der Waals surface area contributed by atoms with Crippen molar-refractivity contribution in [1.29, 1.82) is 0 Å². The summed E-state index contributed by atoms with van der Waals surface area (Å²) in [6.45, 7) is 3.60. The summed E-state index contributed by atoms with van der Waals surface area (Å²) >= 11 is 0. The number of phosphoric ester groups is 1. The molecule has 0 saturated heterocycles. The molecule has 0 spiro atoms. The zero-order valence-corrected chi connectivity index (χ0v) is 31.3. The number of phosphoric acid groups is 1. The van der Waals surface area contributed by atoms with Gasteiger partial charge in [-0.3, -0.25) is 14.1 Å². The van der Waals surface area contributed by atoms with E-state index in [0.29, 0.717) is 12.8 Å². The predicted octanol–water partition coefficient (Wildman–Crippen LogP) is 11.2. The first-order valence-corrected chi connectivity index (χ1v) is 20.5. The highest BCUT2D eigenvalue weighted by molar-refractivity contribution is 7.46. The van der Waals surface area contributed by atoms with Gasteiger partial charge >= 0.3 is 19.8 Å². The van der Waals surface area contributed by atoms with Crippen LogP contribution in [-0.2, 0) is 28.2 Å². The first-order valence-electron chi connectivity index (χ1n) is 18.9. The fraction of sp³-hybridized carbons (Fsp3) is 0.744. The van der Waals surface area contributed by atoms with Crippen molar-refractivity contribution in [3.05, 3.63) is 48.6 Å². The second kappa shape index (κ2) is 34.9. The lowest BCUT2D eigenvalue weighted by Gasteiger charge is -2.18. The molecular formula is C39H69O8P. The molecule has 0 amide bonds. The van der Waals surface area contributed by atoms with E-state index in [1.165, 1.54) is 64.2 Å². The van der Waals surface area contributed by atoms with Gasteiger partial charge in [0.25, 0.3) is 0 Å². The van der Waals surface area contributed by atoms with Gasteiger partial charge in [0, 0.05) is 12.8 Å². The van der Waals surface area contributed by atoms with E-state index in [0.717, 1.165) is 64.2 Å². The van der Waals surface area contributed by atoms with Crippen LogP contribution in [0.1, 0.15) is 168 Å². The maximum atomic E-state index is 12.3. The van der Waals surface area contributed by atoms with Crippen molar-refractivity contribution < 1.29 is 37.9 Å². The van der Waals surface area contributed by atoms with Crippen LogP contribution in [-0.4, -0.2) is 41.0 Å². The minimum Gasteiger partial charge on any atom is -0.462 e. The maximum absolute atomic E-state index is 12.3. The van der Waals surface area contributed by atoms with E-state index in [4.69, 9.17) is 19.3 Å². The highest BCUT2D eigenvalue weighted by Gasteiger charge is 2.22. The van der Waals surface area contributed by atoms with Crippen molar-refractivity contribution in [2.45, 2.75) is 174 Å². The Morgan fingerprint density at radius 2 is 0.938 bits per heavy atom. The van der Waals surface area contributed by atoms with Gasteiger partial charge in [0.1, 0.15) is 6.61 Å². The predicted molar refractivity (Wildman–Crippen MR) is 198 cm³/mol. The number of hydrogen-bond donors (Lipinski definition) is 2. The third-order valence-corrected chi connectivity index (χ3v) is 8.31. The van der Waals surface area contributed by atoms with Crippen LogP contribution in [0.5, 0.6) is 0 Å². The highest BCUT2D eigenvalue weighted by atomic mass is 31.2. The van der Waals surface area contributed by atoms with E-state index < -0.39 is 32.5 Å². The fourth-order valence-electron chi connectivity index (χ4n) is 4.96. The monoisotopic (exact) mass is 696 g/mol. The van der Waals surface area contributed by atoms with Gasteiger partial charge in [-0.05, 0) is 77.0 Å². The molecule has 0 unspecified atom stereocenters. The molecule has 8 nitrogen and oxygen atoms in total. The third kappa shape index (κ3) is 36.8. The van der Waals surface area contributed by atoms with Crippen LogP contribution < -0.4 is 0 Å². The summed E-state index contributed by atoms with van der Waals surface area (Å²) in [5, 5.41) is 0. The number of esters is 2. The first kappa shape index (κ1) is 46.0. The summed E-state index contributed by atoms with van der Waals surface area (Å²) in [6.07, 6.45) is 41.2. The summed E-state index contributed by atoms with van der Waals surface area (Å²) in [5.41, 5.74) is 0. The molecular weight excluding hydrogens is 627 g/mol. The number of carbonyl (C=O) groups is 2. The molecule has 0 radical (unpaired) electrons. The van der Waals surface area contributed by atoms with Crippen LogP contribution in [0.25, 0.3) is 0 Å². The van der Waals surface area contributed by atoms with Gasteiger partial charge in [0.2, 0.25) is 0 Å². The molecule has 0 aliphatic carbocycles. The molecule has 0 aromatic rings. The van der Waals surface area contributed by atoms with E-state index in [2.05, 4.69) is 67.0 Å². The van der Waals surface area contributed by atoms with Crippen molar-refractivity contribution in [2.75, 3.05) is 13.2 Å². The van der Waals surface area contributed by atoms with Crippen molar-refractivity contribution in [2.24, 2.45) is 0 Å². The number of rotatable bonds is 34. The van der Waals surface area contributed by atoms with Crippen LogP contribution in [0.2, 0.25) is 0 Å². The van der Waals surface area contributed by atoms with Gasteiger partial charge in [-0.2, -0.15) is 0 Å². The molecule has 278 valence electrons. The molecule has 0 aromatic heterocycles. The summed E-state index contributed by atoms with van der Waals surface area (Å²) in [7, 11) is -4.76. The Balaban J connectivity index is 4.06. The zero-order valence-electron chi connectivity index (χ0n) is 30.4. The molecule has 0 fully saturated rings.